The minimum Gasteiger partial charge on any atom is -0.458 e. The lowest BCUT2D eigenvalue weighted by molar-refractivity contribution is -0.0967. The van der Waals surface area contributed by atoms with Crippen molar-refractivity contribution in [3.8, 4) is 12.3 Å². The van der Waals surface area contributed by atoms with Crippen molar-refractivity contribution in [2.75, 3.05) is 11.9 Å². The van der Waals surface area contributed by atoms with Gasteiger partial charge in [-0.15, -0.1) is 6.42 Å². The van der Waals surface area contributed by atoms with E-state index in [0.717, 1.165) is 11.1 Å². The standard InChI is InChI=1S/C33H32FN5O7/c1-7-33(17-43-28(40)21-12-8-19(2)9-13-21)23(44-29(41)22-14-10-20(3)11-15-22)16-24(45-33)39-18-35-25-26(36-30(34)38-27(25)39)37-31(42)46-32(4,5)6/h1,8-15,18,23-24H,16-17H2,2-6H3,(H,36,37,38,42)/t23-,24-,33+/m0/s1. The van der Waals surface area contributed by atoms with Gasteiger partial charge < -0.3 is 18.9 Å². The molecule has 3 atom stereocenters. The molecule has 3 heterocycles. The maximum Gasteiger partial charge on any atom is 0.413 e. The number of ether oxygens (including phenoxy) is 4. The molecule has 0 spiro atoms. The number of esters is 2. The molecule has 46 heavy (non-hydrogen) atoms. The maximum atomic E-state index is 14.7. The summed E-state index contributed by atoms with van der Waals surface area (Å²) in [6, 6.07) is 13.5. The normalized spacial score (nSPS) is 19.3. The molecule has 0 bridgehead atoms. The van der Waals surface area contributed by atoms with Gasteiger partial charge in [0, 0.05) is 6.42 Å². The van der Waals surface area contributed by atoms with Crippen LogP contribution in [0.25, 0.3) is 11.2 Å². The van der Waals surface area contributed by atoms with Crippen LogP contribution in [-0.4, -0.2) is 61.5 Å². The number of anilines is 1. The molecule has 13 heteroatoms. The zero-order valence-electron chi connectivity index (χ0n) is 25.9. The van der Waals surface area contributed by atoms with Gasteiger partial charge in [-0.25, -0.2) is 19.4 Å². The van der Waals surface area contributed by atoms with E-state index in [-0.39, 0.29) is 29.0 Å². The Balaban J connectivity index is 1.46. The number of benzene rings is 2. The summed E-state index contributed by atoms with van der Waals surface area (Å²) in [5.74, 6) is 0.963. The van der Waals surface area contributed by atoms with E-state index < -0.39 is 54.3 Å². The van der Waals surface area contributed by atoms with Gasteiger partial charge in [0.1, 0.15) is 18.4 Å². The molecule has 2 aromatic heterocycles. The fraction of sp³-hybridized carbons (Fsp3) is 0.333. The molecule has 1 aliphatic rings. The summed E-state index contributed by atoms with van der Waals surface area (Å²) in [6.45, 7) is 8.31. The van der Waals surface area contributed by atoms with Crippen LogP contribution in [0, 0.1) is 32.3 Å². The molecule has 5 rings (SSSR count). The third kappa shape index (κ3) is 6.97. The van der Waals surface area contributed by atoms with Crippen molar-refractivity contribution < 1.29 is 37.7 Å². The number of aromatic nitrogens is 4. The number of aryl methyl sites for hydroxylation is 2. The number of nitrogens with zero attached hydrogens (tertiary/aromatic N) is 4. The van der Waals surface area contributed by atoms with Crippen LogP contribution >= 0.6 is 0 Å². The Bertz CT molecular complexity index is 1830. The van der Waals surface area contributed by atoms with Crippen molar-refractivity contribution in [1.82, 2.24) is 19.5 Å². The summed E-state index contributed by atoms with van der Waals surface area (Å²) in [7, 11) is 0. The van der Waals surface area contributed by atoms with E-state index in [4.69, 9.17) is 25.4 Å². The Morgan fingerprint density at radius 1 is 1.04 bits per heavy atom. The summed E-state index contributed by atoms with van der Waals surface area (Å²) in [5.41, 5.74) is -0.105. The predicted octanol–water partition coefficient (Wildman–Crippen LogP) is 5.30. The summed E-state index contributed by atoms with van der Waals surface area (Å²) in [6.07, 6.45) is 3.08. The summed E-state index contributed by atoms with van der Waals surface area (Å²) in [5, 5.41) is 2.39. The number of nitrogens with one attached hydrogen (secondary N) is 1. The van der Waals surface area contributed by atoms with Crippen molar-refractivity contribution in [2.45, 2.75) is 64.6 Å². The Morgan fingerprint density at radius 2 is 1.65 bits per heavy atom. The first-order chi connectivity index (χ1) is 21.8. The van der Waals surface area contributed by atoms with Gasteiger partial charge in [-0.05, 0) is 58.9 Å². The highest BCUT2D eigenvalue weighted by Crippen LogP contribution is 2.41. The molecule has 2 aromatic carbocycles. The number of halogens is 1. The van der Waals surface area contributed by atoms with Crippen molar-refractivity contribution in [3.05, 3.63) is 83.2 Å². The second-order valence-electron chi connectivity index (χ2n) is 11.8. The minimum atomic E-state index is -1.74. The lowest BCUT2D eigenvalue weighted by Crippen LogP contribution is -2.45. The Hall–Kier alpha value is -5.35. The van der Waals surface area contributed by atoms with Gasteiger partial charge in [0.15, 0.2) is 23.1 Å². The van der Waals surface area contributed by atoms with E-state index in [1.54, 1.807) is 69.3 Å². The average molecular weight is 630 g/mol. The van der Waals surface area contributed by atoms with Gasteiger partial charge in [0.25, 0.3) is 0 Å². The first-order valence-electron chi connectivity index (χ1n) is 14.3. The third-order valence-electron chi connectivity index (χ3n) is 7.09. The van der Waals surface area contributed by atoms with Crippen LogP contribution in [-0.2, 0) is 18.9 Å². The van der Waals surface area contributed by atoms with Gasteiger partial charge in [0.2, 0.25) is 5.60 Å². The van der Waals surface area contributed by atoms with Gasteiger partial charge in [-0.3, -0.25) is 9.88 Å². The van der Waals surface area contributed by atoms with Crippen molar-refractivity contribution in [3.63, 3.8) is 0 Å². The number of hydrogen-bond donors (Lipinski definition) is 1. The molecular formula is C33H32FN5O7. The number of amides is 1. The fourth-order valence-corrected chi connectivity index (χ4v) is 4.77. The number of fused-ring (bicyclic) bond motifs is 1. The quantitative estimate of drug-likeness (QED) is 0.124. The maximum absolute atomic E-state index is 14.7. The first-order valence-corrected chi connectivity index (χ1v) is 14.3. The molecule has 0 aliphatic carbocycles. The molecule has 1 N–H and O–H groups in total. The average Bonchev–Trinajstić information content (AvgIpc) is 3.57. The molecule has 4 aromatic rings. The number of terminal acetylenes is 1. The summed E-state index contributed by atoms with van der Waals surface area (Å²) in [4.78, 5) is 50.3. The molecule has 238 valence electrons. The Morgan fingerprint density at radius 3 is 2.24 bits per heavy atom. The number of carbonyl (C=O) groups excluding carboxylic acids is 3. The summed E-state index contributed by atoms with van der Waals surface area (Å²) < 4.78 is 39.0. The molecule has 0 radical (unpaired) electrons. The van der Waals surface area contributed by atoms with Crippen LogP contribution in [0.15, 0.2) is 54.9 Å². The second kappa shape index (κ2) is 12.6. The third-order valence-corrected chi connectivity index (χ3v) is 7.09. The zero-order chi connectivity index (χ0) is 33.2. The topological polar surface area (TPSA) is 144 Å². The van der Waals surface area contributed by atoms with Crippen molar-refractivity contribution >= 4 is 35.0 Å². The lowest BCUT2D eigenvalue weighted by atomic mass is 9.98. The van der Waals surface area contributed by atoms with E-state index in [2.05, 4.69) is 26.2 Å². The highest BCUT2D eigenvalue weighted by atomic mass is 19.1. The first kappa shape index (κ1) is 32.1. The van der Waals surface area contributed by atoms with Gasteiger partial charge in [0.05, 0.1) is 17.5 Å². The van der Waals surface area contributed by atoms with Crippen LogP contribution in [0.3, 0.4) is 0 Å². The molecular weight excluding hydrogens is 597 g/mol. The van der Waals surface area contributed by atoms with E-state index in [1.807, 2.05) is 13.8 Å². The van der Waals surface area contributed by atoms with Crippen molar-refractivity contribution in [2.24, 2.45) is 0 Å². The monoisotopic (exact) mass is 629 g/mol. The number of carbonyl (C=O) groups is 3. The molecule has 1 amide bonds. The van der Waals surface area contributed by atoms with Crippen LogP contribution < -0.4 is 5.32 Å². The van der Waals surface area contributed by atoms with E-state index in [1.165, 1.54) is 10.9 Å². The molecule has 12 nitrogen and oxygen atoms in total. The Kier molecular flexibility index (Phi) is 8.76. The van der Waals surface area contributed by atoms with Crippen LogP contribution in [0.1, 0.15) is 65.3 Å². The van der Waals surface area contributed by atoms with Gasteiger partial charge >= 0.3 is 24.1 Å². The minimum absolute atomic E-state index is 0.0352. The molecule has 1 aliphatic heterocycles. The number of imidazole rings is 1. The van der Waals surface area contributed by atoms with E-state index >= 15 is 0 Å². The fourth-order valence-electron chi connectivity index (χ4n) is 4.77. The molecule has 1 fully saturated rings. The van der Waals surface area contributed by atoms with Gasteiger partial charge in [-0.1, -0.05) is 41.3 Å². The van der Waals surface area contributed by atoms with Crippen LogP contribution in [0.5, 0.6) is 0 Å². The largest absolute Gasteiger partial charge is 0.458 e. The lowest BCUT2D eigenvalue weighted by Gasteiger charge is -2.28. The smallest absolute Gasteiger partial charge is 0.413 e. The van der Waals surface area contributed by atoms with Crippen LogP contribution in [0.4, 0.5) is 15.0 Å². The highest BCUT2D eigenvalue weighted by molar-refractivity contribution is 5.93. The summed E-state index contributed by atoms with van der Waals surface area (Å²) >= 11 is 0. The van der Waals surface area contributed by atoms with Crippen molar-refractivity contribution in [1.29, 1.82) is 0 Å². The second-order valence-corrected chi connectivity index (χ2v) is 11.8. The number of rotatable bonds is 7. The SMILES string of the molecule is C#C[C@]1(COC(=O)c2ccc(C)cc2)O[C@H](n2cnc3c(NC(=O)OC(C)(C)C)nc(F)nc32)C[C@@H]1OC(=O)c1ccc(C)cc1. The zero-order valence-corrected chi connectivity index (χ0v) is 25.9. The Labute approximate surface area is 264 Å². The van der Waals surface area contributed by atoms with Gasteiger partial charge in [-0.2, -0.15) is 14.4 Å². The molecule has 1 saturated heterocycles. The molecule has 0 saturated carbocycles. The van der Waals surface area contributed by atoms with E-state index in [0.29, 0.717) is 5.56 Å². The number of hydrogen-bond acceptors (Lipinski definition) is 10. The predicted molar refractivity (Wildman–Crippen MR) is 163 cm³/mol. The molecule has 0 unspecified atom stereocenters. The highest BCUT2D eigenvalue weighted by Gasteiger charge is 2.52. The van der Waals surface area contributed by atoms with Crippen LogP contribution in [0.2, 0.25) is 0 Å². The van der Waals surface area contributed by atoms with E-state index in [9.17, 15) is 18.8 Å².